The van der Waals surface area contributed by atoms with Gasteiger partial charge in [-0.1, -0.05) is 6.92 Å². The van der Waals surface area contributed by atoms with Gasteiger partial charge in [0.1, 0.15) is 12.5 Å². The molecule has 3 nitrogen and oxygen atoms in total. The van der Waals surface area contributed by atoms with Crippen LogP contribution in [-0.2, 0) is 0 Å². The zero-order valence-electron chi connectivity index (χ0n) is 9.29. The minimum absolute atomic E-state index is 0. The first-order valence-corrected chi connectivity index (χ1v) is 5.33. The summed E-state index contributed by atoms with van der Waals surface area (Å²) in [6, 6.07) is 0.551. The minimum Gasteiger partial charge on any atom is -1.00 e. The maximum Gasteiger partial charge on any atom is 0.344 e. The van der Waals surface area contributed by atoms with Crippen molar-refractivity contribution in [2.45, 2.75) is 45.3 Å². The van der Waals surface area contributed by atoms with Crippen LogP contribution in [0.3, 0.4) is 0 Å². The maximum absolute atomic E-state index is 9.82. The van der Waals surface area contributed by atoms with E-state index in [0.29, 0.717) is 18.1 Å². The average molecular weight is 255 g/mol. The smallest absolute Gasteiger partial charge is 0.344 e. The van der Waals surface area contributed by atoms with Crippen LogP contribution < -0.4 is 30.1 Å². The molecule has 3 atom stereocenters. The number of hydrogen-bond acceptors (Lipinski definition) is 0. The fourth-order valence-electron chi connectivity index (χ4n) is 2.52. The molecule has 2 aliphatic rings. The number of nitrogens with zero attached hydrogens (tertiary/aromatic N) is 1. The molecule has 0 aromatic carbocycles. The Labute approximate surface area is 104 Å². The molecule has 0 aromatic rings. The molecule has 0 aromatic heterocycles. The number of piperidine rings is 1. The zero-order valence-corrected chi connectivity index (χ0v) is 10.8. The van der Waals surface area contributed by atoms with E-state index in [2.05, 4.69) is 23.7 Å². The molecule has 2 heterocycles. The first-order valence-electron chi connectivity index (χ1n) is 5.33. The lowest BCUT2D eigenvalue weighted by atomic mass is 9.97. The molecule has 0 saturated carbocycles. The zero-order chi connectivity index (χ0) is 9.42. The topological polar surface area (TPSA) is 39.9 Å². The van der Waals surface area contributed by atoms with E-state index in [1.54, 1.807) is 0 Å². The highest BCUT2D eigenvalue weighted by atomic mass is 35.5. The summed E-state index contributed by atoms with van der Waals surface area (Å²) >= 11 is 0. The lowest BCUT2D eigenvalue weighted by Crippen LogP contribution is -3.00. The third kappa shape index (κ3) is 3.23. The maximum atomic E-state index is 9.82. The van der Waals surface area contributed by atoms with Gasteiger partial charge in [-0.3, -0.25) is 5.32 Å². The Balaban J connectivity index is 0.000000980. The Morgan fingerprint density at radius 1 is 1.27 bits per heavy atom. The van der Waals surface area contributed by atoms with Crippen molar-refractivity contribution in [2.75, 3.05) is 6.54 Å². The van der Waals surface area contributed by atoms with E-state index >= 15 is 0 Å². The molecule has 0 aliphatic carbocycles. The predicted octanol–water partition coefficient (Wildman–Crippen LogP) is -5.93. The summed E-state index contributed by atoms with van der Waals surface area (Å²) in [5, 5.41) is 12.2. The number of aliphatic hydroxyl groups is 1. The van der Waals surface area contributed by atoms with Crippen molar-refractivity contribution in [3.63, 3.8) is 0 Å². The van der Waals surface area contributed by atoms with Crippen LogP contribution in [0.2, 0.25) is 0 Å². The summed E-state index contributed by atoms with van der Waals surface area (Å²) in [4.78, 5) is 0. The molecule has 2 rings (SSSR count). The van der Waals surface area contributed by atoms with Gasteiger partial charge in [0.05, 0.1) is 6.42 Å². The normalized spacial score (nSPS) is 34.9. The molecule has 90 valence electrons. The molecule has 0 unspecified atom stereocenters. The van der Waals surface area contributed by atoms with E-state index in [1.165, 1.54) is 12.8 Å². The molecular weight excluding hydrogens is 235 g/mol. The number of rotatable bonds is 0. The van der Waals surface area contributed by atoms with E-state index in [0.717, 1.165) is 18.9 Å². The van der Waals surface area contributed by atoms with Gasteiger partial charge in [-0.15, -0.1) is 0 Å². The number of hydrogen-bond donors (Lipinski definition) is 2. The highest BCUT2D eigenvalue weighted by Gasteiger charge is 2.40. The molecule has 0 radical (unpaired) electrons. The first kappa shape index (κ1) is 15.0. The fraction of sp³-hybridized carbons (Fsp3) is 0.900. The summed E-state index contributed by atoms with van der Waals surface area (Å²) in [6.07, 6.45) is 3.87. The molecule has 3 N–H and O–H groups in total. The van der Waals surface area contributed by atoms with Crippen LogP contribution in [-0.4, -0.2) is 34.3 Å². The minimum atomic E-state index is 0. The van der Waals surface area contributed by atoms with Gasteiger partial charge in [0.15, 0.2) is 6.54 Å². The van der Waals surface area contributed by atoms with E-state index in [9.17, 15) is 5.11 Å². The van der Waals surface area contributed by atoms with Crippen molar-refractivity contribution in [1.82, 2.24) is 0 Å². The fourth-order valence-corrected chi connectivity index (χ4v) is 2.52. The average Bonchev–Trinajstić information content (AvgIpc) is 2.06. The Kier molecular flexibility index (Phi) is 5.93. The summed E-state index contributed by atoms with van der Waals surface area (Å²) in [5.74, 6) is 1.35. The van der Waals surface area contributed by atoms with Gasteiger partial charge in [-0.2, -0.15) is 4.58 Å². The Morgan fingerprint density at radius 3 is 2.60 bits per heavy atom. The SMILES string of the molecule is C[C@@H]1CC[C@@H]2[NH2+][C@H](C)CC(O)=[N+]2C1.[Cl-].[Cl-]. The van der Waals surface area contributed by atoms with E-state index in [-0.39, 0.29) is 24.8 Å². The second kappa shape index (κ2) is 5.92. The lowest BCUT2D eigenvalue weighted by molar-refractivity contribution is -0.880. The third-order valence-electron chi connectivity index (χ3n) is 3.25. The number of quaternary nitrogens is 1. The van der Waals surface area contributed by atoms with E-state index < -0.39 is 0 Å². The Bertz CT molecular complexity index is 246. The van der Waals surface area contributed by atoms with Crippen molar-refractivity contribution < 1.29 is 39.8 Å². The number of nitrogens with two attached hydrogens (primary N) is 1. The Hall–Kier alpha value is 0.01000. The van der Waals surface area contributed by atoms with Crippen LogP contribution in [0.4, 0.5) is 0 Å². The molecule has 15 heavy (non-hydrogen) atoms. The van der Waals surface area contributed by atoms with Crippen LogP contribution in [0, 0.1) is 5.92 Å². The highest BCUT2D eigenvalue weighted by molar-refractivity contribution is 5.69. The number of fused-ring (bicyclic) bond motifs is 1. The van der Waals surface area contributed by atoms with Gasteiger partial charge in [0.25, 0.3) is 6.17 Å². The number of aliphatic hydroxyl groups excluding tert-OH is 1. The largest absolute Gasteiger partial charge is 1.00 e. The molecule has 1 fully saturated rings. The molecule has 0 bridgehead atoms. The van der Waals surface area contributed by atoms with Crippen molar-refractivity contribution in [3.05, 3.63) is 0 Å². The highest BCUT2D eigenvalue weighted by Crippen LogP contribution is 2.17. The van der Waals surface area contributed by atoms with Crippen molar-refractivity contribution in [1.29, 1.82) is 0 Å². The van der Waals surface area contributed by atoms with Gasteiger partial charge in [0, 0.05) is 5.92 Å². The second-order valence-electron chi connectivity index (χ2n) is 4.69. The third-order valence-corrected chi connectivity index (χ3v) is 3.25. The summed E-state index contributed by atoms with van der Waals surface area (Å²) in [7, 11) is 0. The van der Waals surface area contributed by atoms with Crippen LogP contribution >= 0.6 is 0 Å². The van der Waals surface area contributed by atoms with E-state index in [4.69, 9.17) is 0 Å². The standard InChI is InChI=1S/C10H18N2O.2ClH/c1-7-3-4-9-11-8(2)5-10(13)12(9)6-7;;/h7-9,11H,3-6H2,1-2H3;2*1H/t7-,8-,9-;;/m1../s1. The number of halogens is 2. The van der Waals surface area contributed by atoms with Gasteiger partial charge in [0.2, 0.25) is 0 Å². The predicted molar refractivity (Wildman–Crippen MR) is 51.0 cm³/mol. The molecule has 2 aliphatic heterocycles. The van der Waals surface area contributed by atoms with Gasteiger partial charge in [-0.25, -0.2) is 0 Å². The van der Waals surface area contributed by atoms with Gasteiger partial charge in [-0.05, 0) is 13.3 Å². The molecule has 0 spiro atoms. The van der Waals surface area contributed by atoms with E-state index in [1.807, 2.05) is 0 Å². The Morgan fingerprint density at radius 2 is 1.93 bits per heavy atom. The quantitative estimate of drug-likeness (QED) is 0.416. The first-order chi connectivity index (χ1) is 6.16. The molecule has 0 amide bonds. The van der Waals surface area contributed by atoms with Crippen LogP contribution in [0.1, 0.15) is 33.1 Å². The lowest BCUT2D eigenvalue weighted by Gasteiger charge is -2.28. The van der Waals surface area contributed by atoms with Crippen molar-refractivity contribution in [3.8, 4) is 0 Å². The summed E-state index contributed by atoms with van der Waals surface area (Å²) < 4.78 is 2.19. The summed E-state index contributed by atoms with van der Waals surface area (Å²) in [6.45, 7) is 5.49. The molecule has 1 saturated heterocycles. The second-order valence-corrected chi connectivity index (χ2v) is 4.69. The van der Waals surface area contributed by atoms with Crippen LogP contribution in [0.15, 0.2) is 0 Å². The van der Waals surface area contributed by atoms with Crippen molar-refractivity contribution in [2.24, 2.45) is 5.92 Å². The van der Waals surface area contributed by atoms with Crippen LogP contribution in [0.5, 0.6) is 0 Å². The van der Waals surface area contributed by atoms with Crippen LogP contribution in [0.25, 0.3) is 0 Å². The van der Waals surface area contributed by atoms with Gasteiger partial charge < -0.3 is 29.9 Å². The van der Waals surface area contributed by atoms with Crippen molar-refractivity contribution >= 4 is 5.90 Å². The monoisotopic (exact) mass is 254 g/mol. The molecule has 5 heteroatoms. The molecular formula is C10H20Cl2N2O. The summed E-state index contributed by atoms with van der Waals surface area (Å²) in [5.41, 5.74) is 0. The van der Waals surface area contributed by atoms with Gasteiger partial charge >= 0.3 is 5.90 Å².